The van der Waals surface area contributed by atoms with Crippen LogP contribution >= 0.6 is 0 Å². The molecular formula is C26H31N3O2. The minimum absolute atomic E-state index is 0.482. The molecule has 5 nitrogen and oxygen atoms in total. The predicted molar refractivity (Wildman–Crippen MR) is 125 cm³/mol. The molecule has 31 heavy (non-hydrogen) atoms. The van der Waals surface area contributed by atoms with Gasteiger partial charge in [-0.15, -0.1) is 0 Å². The average molecular weight is 418 g/mol. The molecule has 0 saturated carbocycles. The van der Waals surface area contributed by atoms with Crippen molar-refractivity contribution >= 4 is 22.7 Å². The summed E-state index contributed by atoms with van der Waals surface area (Å²) < 4.78 is 0. The minimum atomic E-state index is -0.760. The molecule has 4 rings (SSSR count). The van der Waals surface area contributed by atoms with Crippen LogP contribution in [0.4, 0.5) is 5.82 Å². The number of carbonyl (C=O) groups is 1. The van der Waals surface area contributed by atoms with E-state index in [2.05, 4.69) is 22.4 Å². The van der Waals surface area contributed by atoms with Gasteiger partial charge < -0.3 is 10.4 Å². The number of aryl methyl sites for hydroxylation is 2. The van der Waals surface area contributed by atoms with Crippen molar-refractivity contribution in [2.45, 2.75) is 63.7 Å². The molecule has 162 valence electrons. The van der Waals surface area contributed by atoms with Gasteiger partial charge in [-0.05, 0) is 61.4 Å². The summed E-state index contributed by atoms with van der Waals surface area (Å²) >= 11 is 0. The van der Waals surface area contributed by atoms with Crippen LogP contribution in [0.5, 0.6) is 0 Å². The molecule has 5 heteroatoms. The van der Waals surface area contributed by atoms with Crippen molar-refractivity contribution in [3.63, 3.8) is 0 Å². The summed E-state index contributed by atoms with van der Waals surface area (Å²) in [5.74, 6) is -0.167. The lowest BCUT2D eigenvalue weighted by molar-refractivity contribution is -0.139. The Kier molecular flexibility index (Phi) is 7.13. The molecular weight excluding hydrogens is 386 g/mol. The zero-order chi connectivity index (χ0) is 21.5. The zero-order valence-corrected chi connectivity index (χ0v) is 18.0. The number of carboxylic acid groups (broad SMARTS) is 1. The Bertz CT molecular complexity index is 1030. The molecule has 0 saturated heterocycles. The molecule has 0 radical (unpaired) electrons. The molecule has 3 aromatic rings. The van der Waals surface area contributed by atoms with E-state index >= 15 is 0 Å². The van der Waals surface area contributed by atoms with Crippen molar-refractivity contribution in [3.8, 4) is 0 Å². The maximum absolute atomic E-state index is 11.8. The van der Waals surface area contributed by atoms with Crippen LogP contribution in [0.2, 0.25) is 0 Å². The number of nitrogens with one attached hydrogen (secondary N) is 1. The number of anilines is 1. The van der Waals surface area contributed by atoms with E-state index in [0.717, 1.165) is 73.8 Å². The number of benzene rings is 1. The van der Waals surface area contributed by atoms with E-state index in [-0.39, 0.29) is 0 Å². The van der Waals surface area contributed by atoms with E-state index in [9.17, 15) is 9.90 Å². The first-order valence-corrected chi connectivity index (χ1v) is 11.5. The highest BCUT2D eigenvalue weighted by atomic mass is 16.4. The number of carboxylic acids is 1. The number of aromatic nitrogens is 2. The summed E-state index contributed by atoms with van der Waals surface area (Å²) in [6, 6.07) is 14.2. The smallest absolute Gasteiger partial charge is 0.311 e. The monoisotopic (exact) mass is 417 g/mol. The van der Waals surface area contributed by atoms with Crippen LogP contribution in [-0.2, 0) is 17.6 Å². The fourth-order valence-corrected chi connectivity index (χ4v) is 4.40. The van der Waals surface area contributed by atoms with Crippen molar-refractivity contribution in [1.29, 1.82) is 0 Å². The standard InChI is InChI=1S/C26H31N3O2/c30-26(31)23(21-17-20-9-6-7-13-24(20)28-18-21)12-5-3-1-2-4-11-22-15-14-19-10-8-16-27-25(19)29-22/h6-7,9,13-15,17-18,23H,1-5,8,10-12,16H2,(H,27,29)(H,30,31)/t23-/m1/s1. The third-order valence-electron chi connectivity index (χ3n) is 6.19. The molecule has 0 spiro atoms. The number of nitrogens with zero attached hydrogens (tertiary/aromatic N) is 2. The van der Waals surface area contributed by atoms with Crippen LogP contribution in [0.1, 0.15) is 67.7 Å². The number of hydrogen-bond acceptors (Lipinski definition) is 4. The quantitative estimate of drug-likeness (QED) is 0.412. The Morgan fingerprint density at radius 2 is 1.90 bits per heavy atom. The Balaban J connectivity index is 1.19. The molecule has 3 heterocycles. The number of rotatable bonds is 10. The maximum Gasteiger partial charge on any atom is 0.311 e. The van der Waals surface area contributed by atoms with Gasteiger partial charge in [-0.25, -0.2) is 4.98 Å². The first-order chi connectivity index (χ1) is 15.2. The number of aliphatic carboxylic acids is 1. The van der Waals surface area contributed by atoms with Crippen molar-refractivity contribution in [3.05, 3.63) is 65.5 Å². The predicted octanol–water partition coefficient (Wildman–Crippen LogP) is 5.74. The Labute approximate surface area is 183 Å². The van der Waals surface area contributed by atoms with Crippen molar-refractivity contribution in [1.82, 2.24) is 9.97 Å². The second-order valence-corrected chi connectivity index (χ2v) is 8.50. The summed E-state index contributed by atoms with van der Waals surface area (Å²) in [7, 11) is 0. The largest absolute Gasteiger partial charge is 0.481 e. The highest BCUT2D eigenvalue weighted by Gasteiger charge is 2.20. The van der Waals surface area contributed by atoms with Gasteiger partial charge in [-0.3, -0.25) is 9.78 Å². The maximum atomic E-state index is 11.8. The highest BCUT2D eigenvalue weighted by Crippen LogP contribution is 2.26. The van der Waals surface area contributed by atoms with Crippen LogP contribution in [-0.4, -0.2) is 27.6 Å². The Morgan fingerprint density at radius 1 is 1.06 bits per heavy atom. The lowest BCUT2D eigenvalue weighted by Crippen LogP contribution is -2.14. The van der Waals surface area contributed by atoms with Crippen LogP contribution in [0, 0.1) is 0 Å². The van der Waals surface area contributed by atoms with Gasteiger partial charge in [0.05, 0.1) is 11.4 Å². The lowest BCUT2D eigenvalue weighted by Gasteiger charge is -2.17. The molecule has 1 aliphatic rings. The normalized spacial score (nSPS) is 14.1. The van der Waals surface area contributed by atoms with E-state index in [0.29, 0.717) is 6.42 Å². The van der Waals surface area contributed by atoms with Gasteiger partial charge in [0.15, 0.2) is 0 Å². The van der Waals surface area contributed by atoms with Gasteiger partial charge in [-0.1, -0.05) is 49.9 Å². The van der Waals surface area contributed by atoms with Gasteiger partial charge in [-0.2, -0.15) is 0 Å². The van der Waals surface area contributed by atoms with Gasteiger partial charge in [0.25, 0.3) is 0 Å². The first kappa shape index (κ1) is 21.3. The van der Waals surface area contributed by atoms with Gasteiger partial charge in [0.1, 0.15) is 5.82 Å². The molecule has 0 bridgehead atoms. The zero-order valence-electron chi connectivity index (χ0n) is 18.0. The minimum Gasteiger partial charge on any atom is -0.481 e. The topological polar surface area (TPSA) is 75.1 Å². The van der Waals surface area contributed by atoms with E-state index < -0.39 is 11.9 Å². The van der Waals surface area contributed by atoms with Gasteiger partial charge in [0.2, 0.25) is 0 Å². The van der Waals surface area contributed by atoms with Gasteiger partial charge in [0, 0.05) is 23.8 Å². The van der Waals surface area contributed by atoms with E-state index in [1.165, 1.54) is 17.7 Å². The van der Waals surface area contributed by atoms with E-state index in [1.54, 1.807) is 6.20 Å². The number of fused-ring (bicyclic) bond motifs is 2. The third-order valence-corrected chi connectivity index (χ3v) is 6.19. The van der Waals surface area contributed by atoms with Crippen LogP contribution < -0.4 is 5.32 Å². The fourth-order valence-electron chi connectivity index (χ4n) is 4.40. The van der Waals surface area contributed by atoms with Crippen molar-refractivity contribution in [2.75, 3.05) is 11.9 Å². The van der Waals surface area contributed by atoms with Crippen molar-refractivity contribution in [2.24, 2.45) is 0 Å². The highest BCUT2D eigenvalue weighted by molar-refractivity contribution is 5.82. The van der Waals surface area contributed by atoms with E-state index in [1.807, 2.05) is 30.3 Å². The number of hydrogen-bond donors (Lipinski definition) is 2. The second-order valence-electron chi connectivity index (χ2n) is 8.50. The van der Waals surface area contributed by atoms with Crippen LogP contribution in [0.3, 0.4) is 0 Å². The third kappa shape index (κ3) is 5.60. The van der Waals surface area contributed by atoms with Crippen molar-refractivity contribution < 1.29 is 9.90 Å². The van der Waals surface area contributed by atoms with Crippen LogP contribution in [0.15, 0.2) is 48.7 Å². The Hall–Kier alpha value is -2.95. The summed E-state index contributed by atoms with van der Waals surface area (Å²) in [6.07, 6.45) is 11.1. The molecule has 1 aromatic carbocycles. The Morgan fingerprint density at radius 3 is 2.81 bits per heavy atom. The number of pyridine rings is 2. The molecule has 1 atom stereocenters. The van der Waals surface area contributed by atoms with Gasteiger partial charge >= 0.3 is 5.97 Å². The fraction of sp³-hybridized carbons (Fsp3) is 0.423. The second kappa shape index (κ2) is 10.4. The van der Waals surface area contributed by atoms with Crippen LogP contribution in [0.25, 0.3) is 10.9 Å². The number of unbranched alkanes of at least 4 members (excludes halogenated alkanes) is 4. The first-order valence-electron chi connectivity index (χ1n) is 11.5. The lowest BCUT2D eigenvalue weighted by atomic mass is 9.93. The molecule has 0 unspecified atom stereocenters. The summed E-state index contributed by atoms with van der Waals surface area (Å²) in [5.41, 5.74) is 4.21. The summed E-state index contributed by atoms with van der Waals surface area (Å²) in [5, 5.41) is 14.1. The average Bonchev–Trinajstić information content (AvgIpc) is 2.80. The summed E-state index contributed by atoms with van der Waals surface area (Å²) in [4.78, 5) is 21.0. The summed E-state index contributed by atoms with van der Waals surface area (Å²) in [6.45, 7) is 1.02. The SMILES string of the molecule is O=C(O)[C@H](CCCCCCCc1ccc2c(n1)NCCC2)c1cnc2ccccc2c1. The molecule has 2 aromatic heterocycles. The number of para-hydroxylation sites is 1. The molecule has 0 fully saturated rings. The molecule has 2 N–H and O–H groups in total. The molecule has 0 amide bonds. The molecule has 0 aliphatic carbocycles. The van der Waals surface area contributed by atoms with E-state index in [4.69, 9.17) is 4.98 Å². The molecule has 1 aliphatic heterocycles.